The number of esters is 1. The van der Waals surface area contributed by atoms with Crippen molar-refractivity contribution in [3.63, 3.8) is 0 Å². The number of benzene rings is 2. The molecule has 0 saturated carbocycles. The summed E-state index contributed by atoms with van der Waals surface area (Å²) >= 11 is 0. The van der Waals surface area contributed by atoms with E-state index in [1.54, 1.807) is 6.92 Å². The molecule has 0 spiro atoms. The summed E-state index contributed by atoms with van der Waals surface area (Å²) in [5.74, 6) is -0.568. The Bertz CT molecular complexity index is 1700. The highest BCUT2D eigenvalue weighted by Gasteiger charge is 2.70. The predicted molar refractivity (Wildman–Crippen MR) is 185 cm³/mol. The van der Waals surface area contributed by atoms with Crippen molar-refractivity contribution in [2.24, 2.45) is 0 Å². The van der Waals surface area contributed by atoms with Crippen LogP contribution in [-0.4, -0.2) is 53.9 Å². The highest BCUT2D eigenvalue weighted by atomic mass is 28.4. The first-order valence-electron chi connectivity index (χ1n) is 16.5. The Labute approximate surface area is 283 Å². The van der Waals surface area contributed by atoms with Crippen LogP contribution in [0.4, 0.5) is 0 Å². The molecule has 0 bridgehead atoms. The topological polar surface area (TPSA) is 118 Å². The van der Waals surface area contributed by atoms with E-state index in [4.69, 9.17) is 23.4 Å². The fourth-order valence-electron chi connectivity index (χ4n) is 6.35. The van der Waals surface area contributed by atoms with Crippen LogP contribution in [0.2, 0.25) is 18.1 Å². The number of rotatable bonds is 12. The number of hydrogen-bond acceptors (Lipinski definition) is 8. The Kier molecular flexibility index (Phi) is 10.5. The summed E-state index contributed by atoms with van der Waals surface area (Å²) in [6, 6.07) is 19.5. The summed E-state index contributed by atoms with van der Waals surface area (Å²) in [6.07, 6.45) is 3.34. The molecule has 1 aromatic heterocycles. The van der Waals surface area contributed by atoms with E-state index in [1.807, 2.05) is 60.7 Å². The molecule has 1 fully saturated rings. The highest BCUT2D eigenvalue weighted by molar-refractivity contribution is 6.74. The van der Waals surface area contributed by atoms with Gasteiger partial charge in [-0.3, -0.25) is 19.1 Å². The number of H-pyrrole nitrogens is 1. The van der Waals surface area contributed by atoms with Crippen LogP contribution in [0, 0.1) is 6.92 Å². The monoisotopic (exact) mass is 676 g/mol. The van der Waals surface area contributed by atoms with Crippen LogP contribution in [0.3, 0.4) is 0 Å². The number of aryl methyl sites for hydroxylation is 1. The first kappa shape index (κ1) is 35.7. The van der Waals surface area contributed by atoms with Gasteiger partial charge in [-0.1, -0.05) is 93.6 Å². The Balaban J connectivity index is 1.71. The standard InChI is InChI=1S/C37H48N2O8Si/c1-26-22-39(34(42)38-32(26)41)33-30(45-27(2)40)31(44-24-29-18-12-9-13-19-29)37(46-33,25-43-23-28-16-10-8-11-17-28)36(20-14-15-21-36)47-48(6,7)35(3,4)5/h8-19,22,30-31,33H,20-21,23-25H2,1-7H3,(H,38,41,42)/t30?,31?,33-,37?/m1/s1. The van der Waals surface area contributed by atoms with Crippen LogP contribution in [0.15, 0.2) is 88.6 Å². The lowest BCUT2D eigenvalue weighted by molar-refractivity contribution is -0.237. The van der Waals surface area contributed by atoms with Crippen molar-refractivity contribution in [3.05, 3.63) is 117 Å². The summed E-state index contributed by atoms with van der Waals surface area (Å²) in [6.45, 7) is 14.3. The average molecular weight is 677 g/mol. The minimum Gasteiger partial charge on any atom is -0.455 e. The van der Waals surface area contributed by atoms with Gasteiger partial charge in [0.25, 0.3) is 5.56 Å². The second kappa shape index (κ2) is 14.1. The lowest BCUT2D eigenvalue weighted by atomic mass is 9.76. The largest absolute Gasteiger partial charge is 0.455 e. The molecule has 0 amide bonds. The smallest absolute Gasteiger partial charge is 0.330 e. The van der Waals surface area contributed by atoms with Crippen molar-refractivity contribution < 1.29 is 28.2 Å². The average Bonchev–Trinajstić information content (AvgIpc) is 3.62. The Morgan fingerprint density at radius 1 is 0.979 bits per heavy atom. The molecule has 1 saturated heterocycles. The van der Waals surface area contributed by atoms with Crippen molar-refractivity contribution >= 4 is 14.3 Å². The molecule has 1 N–H and O–H groups in total. The Morgan fingerprint density at radius 2 is 1.56 bits per heavy atom. The molecular weight excluding hydrogens is 628 g/mol. The zero-order chi connectivity index (χ0) is 34.7. The second-order valence-electron chi connectivity index (χ2n) is 14.4. The van der Waals surface area contributed by atoms with Crippen LogP contribution in [-0.2, 0) is 41.4 Å². The van der Waals surface area contributed by atoms with E-state index in [0.717, 1.165) is 11.1 Å². The summed E-state index contributed by atoms with van der Waals surface area (Å²) in [7, 11) is -2.51. The van der Waals surface area contributed by atoms with Crippen molar-refractivity contribution in [3.8, 4) is 0 Å². The molecule has 48 heavy (non-hydrogen) atoms. The van der Waals surface area contributed by atoms with E-state index in [0.29, 0.717) is 18.4 Å². The zero-order valence-electron chi connectivity index (χ0n) is 29.0. The third-order valence-electron chi connectivity index (χ3n) is 9.88. The highest BCUT2D eigenvalue weighted by Crippen LogP contribution is 2.55. The molecule has 10 nitrogen and oxygen atoms in total. The number of nitrogens with one attached hydrogen (secondary N) is 1. The normalized spacial score (nSPS) is 23.8. The minimum atomic E-state index is -2.51. The van der Waals surface area contributed by atoms with Crippen molar-refractivity contribution in [1.29, 1.82) is 0 Å². The van der Waals surface area contributed by atoms with Gasteiger partial charge >= 0.3 is 11.7 Å². The van der Waals surface area contributed by atoms with E-state index in [-0.39, 0.29) is 24.9 Å². The molecule has 1 aliphatic carbocycles. The molecule has 2 aliphatic rings. The zero-order valence-corrected chi connectivity index (χ0v) is 30.0. The number of aromatic nitrogens is 2. The number of carbonyl (C=O) groups is 1. The molecule has 11 heteroatoms. The van der Waals surface area contributed by atoms with Gasteiger partial charge in [0.05, 0.1) is 25.4 Å². The van der Waals surface area contributed by atoms with Crippen LogP contribution in [0.25, 0.3) is 0 Å². The van der Waals surface area contributed by atoms with Gasteiger partial charge in [-0.15, -0.1) is 0 Å². The molecule has 4 atom stereocenters. The fourth-order valence-corrected chi connectivity index (χ4v) is 7.98. The lowest BCUT2D eigenvalue weighted by Crippen LogP contribution is -2.68. The summed E-state index contributed by atoms with van der Waals surface area (Å²) < 4.78 is 35.4. The number of hydrogen-bond donors (Lipinski definition) is 1. The van der Waals surface area contributed by atoms with E-state index < -0.39 is 55.2 Å². The van der Waals surface area contributed by atoms with E-state index >= 15 is 0 Å². The molecule has 2 aromatic carbocycles. The predicted octanol–water partition coefficient (Wildman–Crippen LogP) is 5.96. The van der Waals surface area contributed by atoms with Gasteiger partial charge in [-0.2, -0.15) is 0 Å². The molecule has 0 radical (unpaired) electrons. The van der Waals surface area contributed by atoms with Gasteiger partial charge in [0.1, 0.15) is 6.10 Å². The van der Waals surface area contributed by atoms with Gasteiger partial charge in [0, 0.05) is 18.7 Å². The van der Waals surface area contributed by atoms with Gasteiger partial charge in [-0.25, -0.2) is 4.79 Å². The van der Waals surface area contributed by atoms with Gasteiger partial charge in [0.2, 0.25) is 0 Å². The number of carbonyl (C=O) groups excluding carboxylic acids is 1. The van der Waals surface area contributed by atoms with Crippen molar-refractivity contribution in [1.82, 2.24) is 9.55 Å². The van der Waals surface area contributed by atoms with E-state index in [1.165, 1.54) is 17.7 Å². The fraction of sp³-hybridized carbons (Fsp3) is 0.486. The molecule has 3 aromatic rings. The summed E-state index contributed by atoms with van der Waals surface area (Å²) in [5.41, 5.74) is -1.43. The maximum absolute atomic E-state index is 13.4. The van der Waals surface area contributed by atoms with Gasteiger partial charge in [0.15, 0.2) is 26.3 Å². The molecule has 1 aliphatic heterocycles. The number of ether oxygens (including phenoxy) is 4. The molecule has 258 valence electrons. The Hall–Kier alpha value is -3.61. The third-order valence-corrected chi connectivity index (χ3v) is 14.4. The molecule has 3 unspecified atom stereocenters. The first-order chi connectivity index (χ1) is 22.7. The van der Waals surface area contributed by atoms with Crippen molar-refractivity contribution in [2.75, 3.05) is 6.61 Å². The molecular formula is C37H48N2O8Si. The second-order valence-corrected chi connectivity index (χ2v) is 19.1. The lowest BCUT2D eigenvalue weighted by Gasteiger charge is -2.53. The first-order valence-corrected chi connectivity index (χ1v) is 19.4. The summed E-state index contributed by atoms with van der Waals surface area (Å²) in [4.78, 5) is 41.1. The van der Waals surface area contributed by atoms with Crippen LogP contribution >= 0.6 is 0 Å². The quantitative estimate of drug-likeness (QED) is 0.142. The van der Waals surface area contributed by atoms with Crippen LogP contribution in [0.1, 0.15) is 63.5 Å². The van der Waals surface area contributed by atoms with Crippen LogP contribution < -0.4 is 11.2 Å². The van der Waals surface area contributed by atoms with E-state index in [9.17, 15) is 14.4 Å². The maximum Gasteiger partial charge on any atom is 0.330 e. The van der Waals surface area contributed by atoms with Crippen LogP contribution in [0.5, 0.6) is 0 Å². The maximum atomic E-state index is 13.4. The van der Waals surface area contributed by atoms with Crippen molar-refractivity contribution in [2.45, 2.75) is 108 Å². The number of aromatic amines is 1. The van der Waals surface area contributed by atoms with Gasteiger partial charge < -0.3 is 23.4 Å². The minimum absolute atomic E-state index is 0.00298. The van der Waals surface area contributed by atoms with Gasteiger partial charge in [-0.05, 0) is 49.0 Å². The Morgan fingerprint density at radius 3 is 2.12 bits per heavy atom. The number of nitrogens with zero attached hydrogens (tertiary/aromatic N) is 1. The molecule has 5 rings (SSSR count). The third kappa shape index (κ3) is 7.20. The van der Waals surface area contributed by atoms with E-state index in [2.05, 4.69) is 51.0 Å². The SMILES string of the molecule is CC(=O)OC1C(OCc2ccccc2)C(COCc2ccccc2)(C2(O[Si](C)(C)C(C)(C)C)CC=CC2)O[C@H]1n1cc(C)c(=O)[nH]c1=O. The summed E-state index contributed by atoms with van der Waals surface area (Å²) in [5, 5.41) is -0.157. The molecule has 2 heterocycles.